The van der Waals surface area contributed by atoms with Gasteiger partial charge in [-0.2, -0.15) is 5.10 Å². The van der Waals surface area contributed by atoms with E-state index in [1.165, 1.54) is 18.2 Å². The Kier molecular flexibility index (Phi) is 6.71. The molecule has 2 aliphatic rings. The summed E-state index contributed by atoms with van der Waals surface area (Å²) in [5.74, 6) is -0.979. The van der Waals surface area contributed by atoms with Crippen LogP contribution in [-0.2, 0) is 6.54 Å². The van der Waals surface area contributed by atoms with Crippen molar-refractivity contribution in [2.45, 2.75) is 76.2 Å². The molecule has 4 aromatic rings. The second-order valence-electron chi connectivity index (χ2n) is 11.3. The molecule has 2 bridgehead atoms. The van der Waals surface area contributed by atoms with Gasteiger partial charge >= 0.3 is 0 Å². The van der Waals surface area contributed by atoms with Gasteiger partial charge in [-0.15, -0.1) is 0 Å². The average molecular weight is 545 g/mol. The van der Waals surface area contributed by atoms with Crippen molar-refractivity contribution in [2.75, 3.05) is 0 Å². The van der Waals surface area contributed by atoms with Gasteiger partial charge in [0.2, 0.25) is 0 Å². The molecule has 6 rings (SSSR count). The number of benzene rings is 3. The predicted molar refractivity (Wildman–Crippen MR) is 152 cm³/mol. The quantitative estimate of drug-likeness (QED) is 0.303. The van der Waals surface area contributed by atoms with E-state index in [1.807, 2.05) is 18.7 Å². The number of aromatic nitrogens is 2. The lowest BCUT2D eigenvalue weighted by atomic mass is 9.91. The topological polar surface area (TPSA) is 84.4 Å². The summed E-state index contributed by atoms with van der Waals surface area (Å²) in [6.45, 7) is 4.09. The number of hydrogen-bond acceptors (Lipinski definition) is 4. The molecule has 0 radical (unpaired) electrons. The number of nitrogens with two attached hydrogens (primary N) is 1. The van der Waals surface area contributed by atoms with Crippen molar-refractivity contribution >= 4 is 16.8 Å². The Bertz CT molecular complexity index is 1600. The zero-order valence-corrected chi connectivity index (χ0v) is 22.8. The van der Waals surface area contributed by atoms with E-state index in [9.17, 15) is 14.3 Å². The summed E-state index contributed by atoms with van der Waals surface area (Å²) in [5.41, 5.74) is 8.41. The van der Waals surface area contributed by atoms with Gasteiger partial charge < -0.3 is 15.7 Å². The largest absolute Gasteiger partial charge is 0.388 e. The summed E-state index contributed by atoms with van der Waals surface area (Å²) in [6.07, 6.45) is 5.43. The second kappa shape index (κ2) is 10.1. The van der Waals surface area contributed by atoms with Gasteiger partial charge in [-0.05, 0) is 79.1 Å². The summed E-state index contributed by atoms with van der Waals surface area (Å²) in [5, 5.41) is 16.0. The predicted octanol–water partition coefficient (Wildman–Crippen LogP) is 5.90. The first-order valence-corrected chi connectivity index (χ1v) is 14.1. The van der Waals surface area contributed by atoms with E-state index in [2.05, 4.69) is 5.10 Å². The van der Waals surface area contributed by atoms with Gasteiger partial charge in [0.05, 0.1) is 23.9 Å². The molecule has 2 aliphatic heterocycles. The molecule has 208 valence electrons. The number of hydrogen-bond donors (Lipinski definition) is 2. The average Bonchev–Trinajstić information content (AvgIpc) is 3.64. The van der Waals surface area contributed by atoms with Crippen LogP contribution in [0.2, 0.25) is 0 Å². The molecule has 2 fully saturated rings. The molecule has 1 aromatic heterocycles. The van der Waals surface area contributed by atoms with Crippen molar-refractivity contribution < 1.29 is 18.7 Å². The number of carbonyl (C=O) groups is 1. The highest BCUT2D eigenvalue weighted by Crippen LogP contribution is 2.40. The highest BCUT2D eigenvalue weighted by atomic mass is 19.1. The van der Waals surface area contributed by atoms with Crippen molar-refractivity contribution in [3.8, 4) is 22.3 Å². The smallest absolute Gasteiger partial charge is 0.254 e. The summed E-state index contributed by atoms with van der Waals surface area (Å²) >= 11 is 0. The Morgan fingerprint density at radius 1 is 1.05 bits per heavy atom. The van der Waals surface area contributed by atoms with Gasteiger partial charge in [-0.25, -0.2) is 8.78 Å². The Morgan fingerprint density at radius 2 is 1.85 bits per heavy atom. The van der Waals surface area contributed by atoms with E-state index in [-0.39, 0.29) is 30.6 Å². The van der Waals surface area contributed by atoms with Crippen LogP contribution in [-0.4, -0.2) is 49.4 Å². The maximum absolute atomic E-state index is 15.8. The Labute approximate surface area is 232 Å². The van der Waals surface area contributed by atoms with Crippen LogP contribution in [0.1, 0.15) is 56.3 Å². The number of halogens is 2. The van der Waals surface area contributed by atoms with Crippen molar-refractivity contribution in [2.24, 2.45) is 5.73 Å². The maximum Gasteiger partial charge on any atom is 0.254 e. The number of amides is 1. The van der Waals surface area contributed by atoms with Gasteiger partial charge in [0.15, 0.2) is 0 Å². The van der Waals surface area contributed by atoms with Crippen LogP contribution < -0.4 is 5.73 Å². The normalized spacial score (nSPS) is 20.6. The monoisotopic (exact) mass is 544 g/mol. The molecule has 0 unspecified atom stereocenters. The number of rotatable bonds is 7. The minimum atomic E-state index is -0.931. The van der Waals surface area contributed by atoms with Crippen molar-refractivity contribution in [3.63, 3.8) is 0 Å². The van der Waals surface area contributed by atoms with Crippen molar-refractivity contribution in [1.82, 2.24) is 14.7 Å². The van der Waals surface area contributed by atoms with Gasteiger partial charge in [-0.1, -0.05) is 32.0 Å². The van der Waals surface area contributed by atoms with Crippen LogP contribution in [0.4, 0.5) is 8.78 Å². The Morgan fingerprint density at radius 3 is 2.52 bits per heavy atom. The van der Waals surface area contributed by atoms with Crippen LogP contribution in [0.5, 0.6) is 0 Å². The van der Waals surface area contributed by atoms with E-state index in [0.29, 0.717) is 46.2 Å². The zero-order valence-electron chi connectivity index (χ0n) is 22.8. The highest BCUT2D eigenvalue weighted by Gasteiger charge is 2.47. The SMILES string of the molecule is CCC(O)(CC)Cn1ncc2cc(-c3ccc(C(=O)N4[C@@H]5CC[C@H]4[C@@H](N)C5)cc3-c3cccc(F)c3)c(F)cc21. The lowest BCUT2D eigenvalue weighted by molar-refractivity contribution is 0.0130. The van der Waals surface area contributed by atoms with Crippen LogP contribution in [0.3, 0.4) is 0 Å². The summed E-state index contributed by atoms with van der Waals surface area (Å²) in [4.78, 5) is 15.6. The van der Waals surface area contributed by atoms with E-state index in [1.54, 1.807) is 47.3 Å². The van der Waals surface area contributed by atoms with E-state index < -0.39 is 17.2 Å². The first-order chi connectivity index (χ1) is 19.2. The molecular formula is C32H34F2N4O2. The fraction of sp³-hybridized carbons (Fsp3) is 0.375. The van der Waals surface area contributed by atoms with Crippen LogP contribution in [0.25, 0.3) is 33.2 Å². The summed E-state index contributed by atoms with van der Waals surface area (Å²) in [6, 6.07) is 14.6. The fourth-order valence-electron chi connectivity index (χ4n) is 6.49. The fourth-order valence-corrected chi connectivity index (χ4v) is 6.49. The van der Waals surface area contributed by atoms with Crippen LogP contribution in [0, 0.1) is 11.6 Å². The van der Waals surface area contributed by atoms with Gasteiger partial charge in [-0.3, -0.25) is 9.48 Å². The molecule has 0 aliphatic carbocycles. The lowest BCUT2D eigenvalue weighted by Gasteiger charge is -2.25. The van der Waals surface area contributed by atoms with Crippen LogP contribution in [0.15, 0.2) is 60.8 Å². The number of aliphatic hydroxyl groups is 1. The third kappa shape index (κ3) is 4.49. The summed E-state index contributed by atoms with van der Waals surface area (Å²) in [7, 11) is 0. The van der Waals surface area contributed by atoms with Crippen molar-refractivity contribution in [3.05, 3.63) is 78.0 Å². The lowest BCUT2D eigenvalue weighted by Crippen LogP contribution is -2.40. The Balaban J connectivity index is 1.44. The molecule has 8 heteroatoms. The van der Waals surface area contributed by atoms with E-state index >= 15 is 4.39 Å². The maximum atomic E-state index is 15.8. The molecular weight excluding hydrogens is 510 g/mol. The second-order valence-corrected chi connectivity index (χ2v) is 11.3. The molecule has 3 N–H and O–H groups in total. The number of fused-ring (bicyclic) bond motifs is 3. The molecule has 1 amide bonds. The first-order valence-electron chi connectivity index (χ1n) is 14.1. The highest BCUT2D eigenvalue weighted by molar-refractivity contribution is 5.99. The molecule has 0 saturated carbocycles. The minimum Gasteiger partial charge on any atom is -0.388 e. The third-order valence-electron chi connectivity index (χ3n) is 9.00. The van der Waals surface area contributed by atoms with Crippen molar-refractivity contribution in [1.29, 1.82) is 0 Å². The molecule has 2 saturated heterocycles. The van der Waals surface area contributed by atoms with Crippen LogP contribution >= 0.6 is 0 Å². The first kappa shape index (κ1) is 26.6. The standard InChI is InChI=1S/C32H34F2N4O2/c1-3-32(40,4-2)18-37-30-16-27(34)26(14-21(30)17-36-37)24-10-8-20(13-25(24)19-6-5-7-22(33)12-19)31(39)38-23-9-11-29(38)28(35)15-23/h5-8,10,12-14,16-17,23,28-29,40H,3-4,9,11,15,18,35H2,1-2H3/t23-,28+,29+/m1/s1. The van der Waals surface area contributed by atoms with Gasteiger partial charge in [0.25, 0.3) is 5.91 Å². The molecule has 6 nitrogen and oxygen atoms in total. The van der Waals surface area contributed by atoms with E-state index in [4.69, 9.17) is 5.73 Å². The van der Waals surface area contributed by atoms with Gasteiger partial charge in [0, 0.05) is 40.7 Å². The Hall–Kier alpha value is -3.62. The third-order valence-corrected chi connectivity index (χ3v) is 9.00. The molecule has 3 atom stereocenters. The minimum absolute atomic E-state index is 0.0166. The molecule has 3 aromatic carbocycles. The van der Waals surface area contributed by atoms with Gasteiger partial charge in [0.1, 0.15) is 11.6 Å². The molecule has 40 heavy (non-hydrogen) atoms. The summed E-state index contributed by atoms with van der Waals surface area (Å²) < 4.78 is 31.8. The van der Waals surface area contributed by atoms with E-state index in [0.717, 1.165) is 24.6 Å². The molecule has 0 spiro atoms. The zero-order chi connectivity index (χ0) is 28.2. The number of carbonyl (C=O) groups excluding carboxylic acids is 1. The molecule has 3 heterocycles. The number of nitrogens with zero attached hydrogens (tertiary/aromatic N) is 3.